The number of carbonyl (C=O) groups is 3. The van der Waals surface area contributed by atoms with Gasteiger partial charge in [0, 0.05) is 19.2 Å². The lowest BCUT2D eigenvalue weighted by molar-refractivity contribution is -0.138. The largest absolute Gasteiger partial charge is 0.496 e. The molecule has 1 atom stereocenters. The van der Waals surface area contributed by atoms with Crippen molar-refractivity contribution in [2.45, 2.75) is 25.6 Å². The first-order valence-electron chi connectivity index (χ1n) is 9.71. The topological polar surface area (TPSA) is 88.2 Å². The van der Waals surface area contributed by atoms with Crippen LogP contribution in [0.4, 0.5) is 13.6 Å². The maximum atomic E-state index is 13.0. The van der Waals surface area contributed by atoms with Gasteiger partial charge >= 0.3 is 12.6 Å². The summed E-state index contributed by atoms with van der Waals surface area (Å²) in [5, 5.41) is 2.58. The van der Waals surface area contributed by atoms with Crippen LogP contribution in [0.25, 0.3) is 0 Å². The number of carbonyl (C=O) groups excluding carboxylic acids is 3. The third-order valence-electron chi connectivity index (χ3n) is 5.25. The molecule has 0 radical (unpaired) electrons. The van der Waals surface area contributed by atoms with E-state index in [0.29, 0.717) is 11.3 Å². The Bertz CT molecular complexity index is 1010. The zero-order valence-electron chi connectivity index (χ0n) is 17.8. The van der Waals surface area contributed by atoms with Gasteiger partial charge in [-0.1, -0.05) is 30.3 Å². The number of hydrogen-bond acceptors (Lipinski definition) is 5. The molecule has 1 aliphatic rings. The molecule has 170 valence electrons. The van der Waals surface area contributed by atoms with Crippen LogP contribution in [0.1, 0.15) is 18.1 Å². The number of hydrogen-bond donors (Lipinski definition) is 1. The molecule has 8 nitrogen and oxygen atoms in total. The summed E-state index contributed by atoms with van der Waals surface area (Å²) in [6.07, 6.45) is 0. The average molecular weight is 447 g/mol. The summed E-state index contributed by atoms with van der Waals surface area (Å²) in [5.41, 5.74) is -0.295. The molecule has 4 amide bonds. The van der Waals surface area contributed by atoms with E-state index in [9.17, 15) is 23.2 Å². The highest BCUT2D eigenvalue weighted by molar-refractivity contribution is 6.09. The lowest BCUT2D eigenvalue weighted by Gasteiger charge is -2.24. The molecule has 0 aliphatic carbocycles. The van der Waals surface area contributed by atoms with Gasteiger partial charge in [0.05, 0.1) is 7.11 Å². The van der Waals surface area contributed by atoms with Gasteiger partial charge in [-0.15, -0.1) is 0 Å². The molecule has 2 aromatic rings. The molecule has 0 saturated carbocycles. The molecule has 1 unspecified atom stereocenters. The molecule has 32 heavy (non-hydrogen) atoms. The van der Waals surface area contributed by atoms with E-state index in [0.717, 1.165) is 10.5 Å². The number of methoxy groups -OCH3 is 1. The Morgan fingerprint density at radius 2 is 1.81 bits per heavy atom. The zero-order chi connectivity index (χ0) is 23.5. The first-order valence-corrected chi connectivity index (χ1v) is 9.71. The Morgan fingerprint density at radius 1 is 1.16 bits per heavy atom. The van der Waals surface area contributed by atoms with Crippen LogP contribution in [0, 0.1) is 0 Å². The molecule has 0 aromatic heterocycles. The van der Waals surface area contributed by atoms with Crippen molar-refractivity contribution < 1.29 is 32.6 Å². The van der Waals surface area contributed by atoms with E-state index in [2.05, 4.69) is 10.1 Å². The summed E-state index contributed by atoms with van der Waals surface area (Å²) in [7, 11) is 3.09. The maximum Gasteiger partial charge on any atom is 0.387 e. The van der Waals surface area contributed by atoms with E-state index in [1.54, 1.807) is 13.1 Å². The van der Waals surface area contributed by atoms with E-state index in [1.807, 2.05) is 18.2 Å². The van der Waals surface area contributed by atoms with Gasteiger partial charge in [-0.25, -0.2) is 4.79 Å². The van der Waals surface area contributed by atoms with Gasteiger partial charge in [0.2, 0.25) is 5.91 Å². The molecular weight excluding hydrogens is 424 g/mol. The highest BCUT2D eigenvalue weighted by Gasteiger charge is 2.49. The lowest BCUT2D eigenvalue weighted by atomic mass is 9.92. The smallest absolute Gasteiger partial charge is 0.387 e. The number of alkyl halides is 2. The summed E-state index contributed by atoms with van der Waals surface area (Å²) in [5.74, 6) is -0.517. The van der Waals surface area contributed by atoms with E-state index in [4.69, 9.17) is 4.74 Å². The van der Waals surface area contributed by atoms with Crippen LogP contribution in [-0.2, 0) is 21.7 Å². The van der Waals surface area contributed by atoms with Gasteiger partial charge in [-0.3, -0.25) is 14.5 Å². The van der Waals surface area contributed by atoms with Crippen molar-refractivity contribution in [3.8, 4) is 11.5 Å². The van der Waals surface area contributed by atoms with Crippen LogP contribution in [0.2, 0.25) is 0 Å². The third kappa shape index (κ3) is 4.63. The van der Waals surface area contributed by atoms with Crippen molar-refractivity contribution in [3.63, 3.8) is 0 Å². The van der Waals surface area contributed by atoms with E-state index in [-0.39, 0.29) is 12.3 Å². The number of imide groups is 1. The van der Waals surface area contributed by atoms with Crippen LogP contribution in [0.3, 0.4) is 0 Å². The molecule has 0 bridgehead atoms. The summed E-state index contributed by atoms with van der Waals surface area (Å²) in [6, 6.07) is 11.9. The highest BCUT2D eigenvalue weighted by atomic mass is 19.3. The molecule has 1 fully saturated rings. The van der Waals surface area contributed by atoms with E-state index < -0.39 is 36.5 Å². The average Bonchev–Trinajstić information content (AvgIpc) is 2.98. The Kier molecular flexibility index (Phi) is 6.61. The maximum absolute atomic E-state index is 13.0. The normalized spacial score (nSPS) is 18.0. The predicted molar refractivity (Wildman–Crippen MR) is 110 cm³/mol. The second kappa shape index (κ2) is 9.21. The fraction of sp³-hybridized carbons (Fsp3) is 0.318. The Hall–Kier alpha value is -3.69. The highest BCUT2D eigenvalue weighted by Crippen LogP contribution is 2.30. The Labute approximate surface area is 183 Å². The van der Waals surface area contributed by atoms with Crippen molar-refractivity contribution in [1.29, 1.82) is 0 Å². The number of benzene rings is 2. The van der Waals surface area contributed by atoms with Gasteiger partial charge < -0.3 is 19.7 Å². The molecule has 2 aromatic carbocycles. The molecule has 1 N–H and O–H groups in total. The number of likely N-dealkylation sites (N-methyl/N-ethyl adjacent to an activating group) is 1. The first kappa shape index (κ1) is 23.0. The van der Waals surface area contributed by atoms with Gasteiger partial charge in [0.1, 0.15) is 23.6 Å². The fourth-order valence-corrected chi connectivity index (χ4v) is 3.44. The molecule has 3 rings (SSSR count). The number of nitrogens with zero attached hydrogens (tertiary/aromatic N) is 2. The number of nitrogens with one attached hydrogen (secondary N) is 1. The van der Waals surface area contributed by atoms with Gasteiger partial charge in [-0.2, -0.15) is 8.78 Å². The van der Waals surface area contributed by atoms with Crippen molar-refractivity contribution in [1.82, 2.24) is 15.1 Å². The zero-order valence-corrected chi connectivity index (χ0v) is 17.8. The number of amides is 4. The lowest BCUT2D eigenvalue weighted by Crippen LogP contribution is -2.43. The number of halogens is 2. The fourth-order valence-electron chi connectivity index (χ4n) is 3.44. The van der Waals surface area contributed by atoms with Crippen molar-refractivity contribution in [2.24, 2.45) is 0 Å². The summed E-state index contributed by atoms with van der Waals surface area (Å²) >= 11 is 0. The molecule has 1 heterocycles. The Morgan fingerprint density at radius 3 is 2.44 bits per heavy atom. The number of para-hydroxylation sites is 1. The quantitative estimate of drug-likeness (QED) is 0.629. The minimum Gasteiger partial charge on any atom is -0.496 e. The number of rotatable bonds is 8. The van der Waals surface area contributed by atoms with Crippen molar-refractivity contribution in [3.05, 3.63) is 59.7 Å². The molecule has 1 aliphatic heterocycles. The Balaban J connectivity index is 1.70. The first-order chi connectivity index (χ1) is 15.2. The molecule has 0 spiro atoms. The SMILES string of the molecule is COc1ccccc1CN(C)C(=O)CN1C(=O)NC(C)(c2ccc(OC(F)F)cc2)C1=O. The second-order valence-corrected chi connectivity index (χ2v) is 7.41. The van der Waals surface area contributed by atoms with Crippen molar-refractivity contribution in [2.75, 3.05) is 20.7 Å². The number of urea groups is 1. The van der Waals surface area contributed by atoms with E-state index in [1.165, 1.54) is 43.2 Å². The standard InChI is InChI=1S/C22H23F2N3O5/c1-22(15-8-10-16(11-9-15)32-20(23)24)19(29)27(21(30)25-22)13-18(28)26(2)12-14-6-4-5-7-17(14)31-3/h4-11,20H,12-13H2,1-3H3,(H,25,30). The minimum absolute atomic E-state index is 0.0749. The van der Waals surface area contributed by atoms with E-state index >= 15 is 0 Å². The van der Waals surface area contributed by atoms with Crippen LogP contribution < -0.4 is 14.8 Å². The second-order valence-electron chi connectivity index (χ2n) is 7.41. The summed E-state index contributed by atoms with van der Waals surface area (Å²) < 4.78 is 34.3. The molecule has 10 heteroatoms. The van der Waals surface area contributed by atoms with Gasteiger partial charge in [0.15, 0.2) is 0 Å². The van der Waals surface area contributed by atoms with Crippen LogP contribution >= 0.6 is 0 Å². The van der Waals surface area contributed by atoms with Crippen LogP contribution in [0.5, 0.6) is 11.5 Å². The van der Waals surface area contributed by atoms with Crippen LogP contribution in [-0.4, -0.2) is 55.0 Å². The monoisotopic (exact) mass is 447 g/mol. The van der Waals surface area contributed by atoms with Crippen molar-refractivity contribution >= 4 is 17.8 Å². The number of ether oxygens (including phenoxy) is 2. The molecular formula is C22H23F2N3O5. The minimum atomic E-state index is -2.97. The van der Waals surface area contributed by atoms with Crippen LogP contribution in [0.15, 0.2) is 48.5 Å². The summed E-state index contributed by atoms with van der Waals surface area (Å²) in [4.78, 5) is 40.4. The third-order valence-corrected chi connectivity index (χ3v) is 5.25. The van der Waals surface area contributed by atoms with Gasteiger partial charge in [-0.05, 0) is 30.7 Å². The predicted octanol–water partition coefficient (Wildman–Crippen LogP) is 2.72. The van der Waals surface area contributed by atoms with Gasteiger partial charge in [0.25, 0.3) is 5.91 Å². The molecule has 1 saturated heterocycles. The summed E-state index contributed by atoms with van der Waals surface area (Å²) in [6.45, 7) is -1.70.